The van der Waals surface area contributed by atoms with Crippen LogP contribution in [-0.2, 0) is 13.1 Å². The summed E-state index contributed by atoms with van der Waals surface area (Å²) < 4.78 is 12.7. The molecule has 0 aromatic heterocycles. The van der Waals surface area contributed by atoms with Gasteiger partial charge in [-0.3, -0.25) is 4.90 Å². The lowest BCUT2D eigenvalue weighted by atomic mass is 10.1. The second-order valence-electron chi connectivity index (χ2n) is 5.06. The van der Waals surface area contributed by atoms with Crippen LogP contribution in [0.4, 0.5) is 4.39 Å². The van der Waals surface area contributed by atoms with Gasteiger partial charge >= 0.3 is 0 Å². The van der Waals surface area contributed by atoms with Crippen molar-refractivity contribution >= 4 is 0 Å². The minimum atomic E-state index is -0.486. The van der Waals surface area contributed by atoms with E-state index in [2.05, 4.69) is 29.2 Å². The van der Waals surface area contributed by atoms with Crippen molar-refractivity contribution in [2.24, 2.45) is 5.73 Å². The highest BCUT2D eigenvalue weighted by Crippen LogP contribution is 2.10. The molecule has 20 heavy (non-hydrogen) atoms. The quantitative estimate of drug-likeness (QED) is 0.839. The van der Waals surface area contributed by atoms with Crippen molar-refractivity contribution in [3.05, 3.63) is 71.8 Å². The van der Waals surface area contributed by atoms with E-state index in [0.29, 0.717) is 6.54 Å². The molecular formula is C17H21FN2. The molecule has 2 rings (SSSR count). The van der Waals surface area contributed by atoms with Gasteiger partial charge in [0.25, 0.3) is 0 Å². The van der Waals surface area contributed by atoms with Gasteiger partial charge in [-0.2, -0.15) is 0 Å². The fourth-order valence-corrected chi connectivity index (χ4v) is 2.25. The number of rotatable bonds is 7. The summed E-state index contributed by atoms with van der Waals surface area (Å²) in [5.41, 5.74) is 8.20. The van der Waals surface area contributed by atoms with Gasteiger partial charge in [0.2, 0.25) is 0 Å². The van der Waals surface area contributed by atoms with E-state index in [-0.39, 0.29) is 0 Å². The number of alkyl halides is 1. The Bertz CT molecular complexity index is 445. The maximum atomic E-state index is 12.7. The van der Waals surface area contributed by atoms with Crippen LogP contribution >= 0.6 is 0 Å². The molecule has 0 bridgehead atoms. The summed E-state index contributed by atoms with van der Waals surface area (Å²) in [7, 11) is 0. The van der Waals surface area contributed by atoms with Gasteiger partial charge in [-0.05, 0) is 11.1 Å². The van der Waals surface area contributed by atoms with Gasteiger partial charge in [0.05, 0.1) is 0 Å². The first kappa shape index (κ1) is 14.7. The highest BCUT2D eigenvalue weighted by molar-refractivity contribution is 5.17. The zero-order valence-electron chi connectivity index (χ0n) is 11.6. The first-order valence-electron chi connectivity index (χ1n) is 6.89. The van der Waals surface area contributed by atoms with Gasteiger partial charge in [-0.15, -0.1) is 0 Å². The zero-order valence-corrected chi connectivity index (χ0v) is 11.6. The highest BCUT2D eigenvalue weighted by Gasteiger charge is 2.11. The van der Waals surface area contributed by atoms with Gasteiger partial charge < -0.3 is 5.73 Å². The van der Waals surface area contributed by atoms with Crippen molar-refractivity contribution in [3.63, 3.8) is 0 Å². The summed E-state index contributed by atoms with van der Waals surface area (Å²) in [6.45, 7) is 1.63. The van der Waals surface area contributed by atoms with Crippen molar-refractivity contribution in [3.8, 4) is 0 Å². The van der Waals surface area contributed by atoms with Crippen LogP contribution < -0.4 is 5.73 Å². The second kappa shape index (κ2) is 7.78. The Morgan fingerprint density at radius 1 is 0.850 bits per heavy atom. The molecule has 0 saturated carbocycles. The molecule has 0 heterocycles. The highest BCUT2D eigenvalue weighted by atomic mass is 19.1. The smallest absolute Gasteiger partial charge is 0.106 e. The molecule has 1 atom stereocenters. The van der Waals surface area contributed by atoms with Crippen LogP contribution in [0.2, 0.25) is 0 Å². The lowest BCUT2D eigenvalue weighted by Gasteiger charge is -2.24. The standard InChI is InChI=1S/C17H21FN2/c18-11-17(19)14-20(12-15-7-3-1-4-8-15)13-16-9-5-2-6-10-16/h1-10,17H,11-14,19H2. The van der Waals surface area contributed by atoms with Crippen LogP contribution in [0.5, 0.6) is 0 Å². The van der Waals surface area contributed by atoms with Crippen LogP contribution in [0.15, 0.2) is 60.7 Å². The number of nitrogens with two attached hydrogens (primary N) is 1. The molecule has 0 amide bonds. The lowest BCUT2D eigenvalue weighted by molar-refractivity contribution is 0.225. The molecule has 0 aliphatic heterocycles. The summed E-state index contributed by atoms with van der Waals surface area (Å²) in [4.78, 5) is 2.19. The first-order chi connectivity index (χ1) is 9.78. The first-order valence-corrected chi connectivity index (χ1v) is 6.89. The van der Waals surface area contributed by atoms with E-state index < -0.39 is 12.7 Å². The van der Waals surface area contributed by atoms with Crippen LogP contribution in [0.3, 0.4) is 0 Å². The molecule has 0 radical (unpaired) electrons. The van der Waals surface area contributed by atoms with E-state index in [9.17, 15) is 4.39 Å². The van der Waals surface area contributed by atoms with E-state index in [1.165, 1.54) is 11.1 Å². The zero-order chi connectivity index (χ0) is 14.2. The van der Waals surface area contributed by atoms with Gasteiger partial charge in [0, 0.05) is 25.7 Å². The molecule has 0 aliphatic carbocycles. The molecule has 2 aromatic carbocycles. The summed E-state index contributed by atoms with van der Waals surface area (Å²) in [5.74, 6) is 0. The van der Waals surface area contributed by atoms with Crippen LogP contribution in [-0.4, -0.2) is 24.2 Å². The average Bonchev–Trinajstić information content (AvgIpc) is 2.49. The maximum absolute atomic E-state index is 12.7. The van der Waals surface area contributed by atoms with Crippen LogP contribution in [0.25, 0.3) is 0 Å². The van der Waals surface area contributed by atoms with Gasteiger partial charge in [0.15, 0.2) is 0 Å². The number of hydrogen-bond acceptors (Lipinski definition) is 2. The van der Waals surface area contributed by atoms with Crippen LogP contribution in [0.1, 0.15) is 11.1 Å². The van der Waals surface area contributed by atoms with Crippen molar-refractivity contribution in [2.75, 3.05) is 13.2 Å². The SMILES string of the molecule is NC(CF)CN(Cc1ccccc1)Cc1ccccc1. The molecule has 3 heteroatoms. The van der Waals surface area contributed by atoms with Crippen molar-refractivity contribution in [2.45, 2.75) is 19.1 Å². The summed E-state index contributed by atoms with van der Waals surface area (Å²) in [6, 6.07) is 20.0. The maximum Gasteiger partial charge on any atom is 0.106 e. The third-order valence-corrected chi connectivity index (χ3v) is 3.19. The Labute approximate surface area is 120 Å². The Morgan fingerprint density at radius 2 is 1.30 bits per heavy atom. The second-order valence-corrected chi connectivity index (χ2v) is 5.06. The van der Waals surface area contributed by atoms with E-state index in [0.717, 1.165) is 13.1 Å². The molecule has 2 nitrogen and oxygen atoms in total. The van der Waals surface area contributed by atoms with Crippen LogP contribution in [0, 0.1) is 0 Å². The van der Waals surface area contributed by atoms with Gasteiger partial charge in [-0.1, -0.05) is 60.7 Å². The van der Waals surface area contributed by atoms with Gasteiger partial charge in [-0.25, -0.2) is 4.39 Å². The van der Waals surface area contributed by atoms with E-state index in [1.54, 1.807) is 0 Å². The molecule has 2 aromatic rings. The monoisotopic (exact) mass is 272 g/mol. The molecule has 1 unspecified atom stereocenters. The molecule has 0 aliphatic rings. The molecule has 0 spiro atoms. The molecular weight excluding hydrogens is 251 g/mol. The number of benzene rings is 2. The Hall–Kier alpha value is -1.71. The minimum absolute atomic E-state index is 0.428. The Morgan fingerprint density at radius 3 is 1.70 bits per heavy atom. The van der Waals surface area contributed by atoms with E-state index in [4.69, 9.17) is 5.73 Å². The lowest BCUT2D eigenvalue weighted by Crippen LogP contribution is -2.38. The summed E-state index contributed by atoms with van der Waals surface area (Å²) in [6.07, 6.45) is 0. The molecule has 2 N–H and O–H groups in total. The number of nitrogens with zero attached hydrogens (tertiary/aromatic N) is 1. The Kier molecular flexibility index (Phi) is 5.71. The molecule has 0 saturated heterocycles. The summed E-state index contributed by atoms with van der Waals surface area (Å²) >= 11 is 0. The molecule has 0 fully saturated rings. The Balaban J connectivity index is 2.04. The topological polar surface area (TPSA) is 29.3 Å². The van der Waals surface area contributed by atoms with E-state index in [1.807, 2.05) is 36.4 Å². The van der Waals surface area contributed by atoms with Crippen molar-refractivity contribution < 1.29 is 4.39 Å². The third kappa shape index (κ3) is 4.76. The largest absolute Gasteiger partial charge is 0.324 e. The fraction of sp³-hybridized carbons (Fsp3) is 0.294. The van der Waals surface area contributed by atoms with E-state index >= 15 is 0 Å². The van der Waals surface area contributed by atoms with Gasteiger partial charge in [0.1, 0.15) is 6.67 Å². The minimum Gasteiger partial charge on any atom is -0.324 e. The number of halogens is 1. The normalized spacial score (nSPS) is 12.6. The number of hydrogen-bond donors (Lipinski definition) is 1. The average molecular weight is 272 g/mol. The van der Waals surface area contributed by atoms with Crippen molar-refractivity contribution in [1.29, 1.82) is 0 Å². The molecule has 106 valence electrons. The predicted molar refractivity (Wildman–Crippen MR) is 80.9 cm³/mol. The van der Waals surface area contributed by atoms with Crippen molar-refractivity contribution in [1.82, 2.24) is 4.90 Å². The predicted octanol–water partition coefficient (Wildman–Crippen LogP) is 2.99. The fourth-order valence-electron chi connectivity index (χ4n) is 2.25. The summed E-state index contributed by atoms with van der Waals surface area (Å²) in [5, 5.41) is 0. The third-order valence-electron chi connectivity index (χ3n) is 3.19.